The van der Waals surface area contributed by atoms with Crippen molar-refractivity contribution in [2.24, 2.45) is 11.7 Å². The van der Waals surface area contributed by atoms with Crippen LogP contribution >= 0.6 is 24.0 Å². The molecule has 0 radical (unpaired) electrons. The number of nitrogens with one attached hydrogen (secondary N) is 1. The molecule has 1 aromatic rings. The molecular formula is C14H20N2OS2. The molecule has 0 aromatic heterocycles. The average Bonchev–Trinajstić information content (AvgIpc) is 2.81. The summed E-state index contributed by atoms with van der Waals surface area (Å²) in [5, 5.41) is 3.48. The Balaban J connectivity index is 2.13. The summed E-state index contributed by atoms with van der Waals surface area (Å²) in [6.45, 7) is 3.89. The van der Waals surface area contributed by atoms with E-state index < -0.39 is 0 Å². The number of thiocarbonyl (C=S) groups is 1. The maximum Gasteiger partial charge on any atom is 0.107 e. The highest BCUT2D eigenvalue weighted by atomic mass is 32.2. The number of ether oxygens (including phenoxy) is 1. The summed E-state index contributed by atoms with van der Waals surface area (Å²) in [6, 6.07) is 6.12. The maximum absolute atomic E-state index is 5.86. The molecule has 19 heavy (non-hydrogen) atoms. The predicted octanol–water partition coefficient (Wildman–Crippen LogP) is 2.88. The van der Waals surface area contributed by atoms with E-state index in [0.717, 1.165) is 35.7 Å². The second-order valence-electron chi connectivity index (χ2n) is 4.75. The lowest BCUT2D eigenvalue weighted by Crippen LogP contribution is -2.22. The summed E-state index contributed by atoms with van der Waals surface area (Å²) in [7, 11) is 0. The van der Waals surface area contributed by atoms with Crippen LogP contribution in [-0.2, 0) is 4.74 Å². The van der Waals surface area contributed by atoms with Gasteiger partial charge in [0, 0.05) is 35.2 Å². The Morgan fingerprint density at radius 3 is 2.95 bits per heavy atom. The van der Waals surface area contributed by atoms with Gasteiger partial charge in [0.2, 0.25) is 0 Å². The lowest BCUT2D eigenvalue weighted by atomic mass is 10.0. The van der Waals surface area contributed by atoms with Gasteiger partial charge in [-0.05, 0) is 31.7 Å². The quantitative estimate of drug-likeness (QED) is 0.646. The van der Waals surface area contributed by atoms with Gasteiger partial charge in [-0.25, -0.2) is 0 Å². The molecule has 1 heterocycles. The first-order chi connectivity index (χ1) is 9.13. The lowest BCUT2D eigenvalue weighted by Gasteiger charge is -2.18. The van der Waals surface area contributed by atoms with Crippen LogP contribution in [0.4, 0.5) is 5.69 Å². The molecule has 1 aliphatic heterocycles. The zero-order valence-corrected chi connectivity index (χ0v) is 12.9. The maximum atomic E-state index is 5.86. The molecule has 3 N–H and O–H groups in total. The minimum absolute atomic E-state index is 0.324. The number of hydrogen-bond donors (Lipinski definition) is 2. The van der Waals surface area contributed by atoms with Crippen molar-refractivity contribution < 1.29 is 4.74 Å². The fourth-order valence-corrected chi connectivity index (χ4v) is 3.31. The van der Waals surface area contributed by atoms with Crippen LogP contribution < -0.4 is 11.1 Å². The molecule has 0 bridgehead atoms. The van der Waals surface area contributed by atoms with Gasteiger partial charge in [-0.2, -0.15) is 0 Å². The van der Waals surface area contributed by atoms with Gasteiger partial charge in [0.05, 0.1) is 6.10 Å². The molecule has 2 rings (SSSR count). The Hall–Kier alpha value is -0.780. The van der Waals surface area contributed by atoms with Crippen molar-refractivity contribution >= 4 is 34.7 Å². The zero-order valence-electron chi connectivity index (χ0n) is 11.3. The second kappa shape index (κ2) is 6.59. The summed E-state index contributed by atoms with van der Waals surface area (Å²) in [4.78, 5) is 1.57. The molecule has 1 fully saturated rings. The summed E-state index contributed by atoms with van der Waals surface area (Å²) in [6.07, 6.45) is 3.47. The van der Waals surface area contributed by atoms with Crippen LogP contribution in [0.25, 0.3) is 0 Å². The molecule has 0 spiro atoms. The van der Waals surface area contributed by atoms with E-state index in [0.29, 0.717) is 17.0 Å². The fourth-order valence-electron chi connectivity index (χ4n) is 2.39. The van der Waals surface area contributed by atoms with Gasteiger partial charge in [-0.15, -0.1) is 11.8 Å². The highest BCUT2D eigenvalue weighted by molar-refractivity contribution is 7.98. The monoisotopic (exact) mass is 296 g/mol. The zero-order chi connectivity index (χ0) is 13.8. The van der Waals surface area contributed by atoms with Gasteiger partial charge in [-0.3, -0.25) is 0 Å². The number of rotatable bonds is 5. The van der Waals surface area contributed by atoms with Crippen molar-refractivity contribution in [1.82, 2.24) is 0 Å². The number of benzene rings is 1. The third kappa shape index (κ3) is 3.41. The van der Waals surface area contributed by atoms with Crippen LogP contribution in [-0.4, -0.2) is 30.5 Å². The van der Waals surface area contributed by atoms with Crippen molar-refractivity contribution in [3.8, 4) is 0 Å². The molecule has 2 unspecified atom stereocenters. The van der Waals surface area contributed by atoms with Gasteiger partial charge in [0.25, 0.3) is 0 Å². The van der Waals surface area contributed by atoms with Gasteiger partial charge in [0.1, 0.15) is 4.99 Å². The van der Waals surface area contributed by atoms with Crippen LogP contribution in [0.15, 0.2) is 23.1 Å². The Bertz CT molecular complexity index is 465. The first kappa shape index (κ1) is 14.6. The molecule has 0 saturated carbocycles. The Kier molecular flexibility index (Phi) is 5.07. The molecule has 0 aliphatic carbocycles. The van der Waals surface area contributed by atoms with E-state index in [-0.39, 0.29) is 0 Å². The minimum Gasteiger partial charge on any atom is -0.389 e. The molecular weight excluding hydrogens is 276 g/mol. The first-order valence-corrected chi connectivity index (χ1v) is 8.09. The average molecular weight is 296 g/mol. The van der Waals surface area contributed by atoms with Crippen LogP contribution in [0.3, 0.4) is 0 Å². The van der Waals surface area contributed by atoms with Gasteiger partial charge in [-0.1, -0.05) is 18.3 Å². The van der Waals surface area contributed by atoms with E-state index in [4.69, 9.17) is 22.7 Å². The number of anilines is 1. The molecule has 2 atom stereocenters. The molecule has 1 saturated heterocycles. The van der Waals surface area contributed by atoms with Crippen LogP contribution in [0.5, 0.6) is 0 Å². The van der Waals surface area contributed by atoms with Crippen LogP contribution in [0.1, 0.15) is 18.9 Å². The Labute approximate surface area is 124 Å². The van der Waals surface area contributed by atoms with Crippen molar-refractivity contribution in [2.45, 2.75) is 24.3 Å². The normalized spacial score (nSPS) is 22.4. The summed E-state index contributed by atoms with van der Waals surface area (Å²) < 4.78 is 5.58. The molecule has 5 heteroatoms. The van der Waals surface area contributed by atoms with Gasteiger partial charge < -0.3 is 15.8 Å². The fraction of sp³-hybridized carbons (Fsp3) is 0.500. The van der Waals surface area contributed by atoms with Crippen LogP contribution in [0, 0.1) is 5.92 Å². The number of nitrogens with two attached hydrogens (primary N) is 1. The Morgan fingerprint density at radius 2 is 2.37 bits per heavy atom. The lowest BCUT2D eigenvalue weighted by molar-refractivity contribution is 0.108. The third-order valence-corrected chi connectivity index (χ3v) is 4.56. The molecule has 0 amide bonds. The third-order valence-electron chi connectivity index (χ3n) is 3.58. The highest BCUT2D eigenvalue weighted by Crippen LogP contribution is 2.28. The van der Waals surface area contributed by atoms with Crippen molar-refractivity contribution in [3.63, 3.8) is 0 Å². The van der Waals surface area contributed by atoms with E-state index >= 15 is 0 Å². The standard InChI is InChI=1S/C14H20N2OS2/c1-9-10(6-7-17-9)8-16-11-4-3-5-12(19-2)13(11)14(15)18/h3-5,9-10,16H,6-8H2,1-2H3,(H2,15,18). The highest BCUT2D eigenvalue weighted by Gasteiger charge is 2.24. The largest absolute Gasteiger partial charge is 0.389 e. The number of thioether (sulfide) groups is 1. The molecule has 1 aromatic carbocycles. The summed E-state index contributed by atoms with van der Waals surface area (Å²) in [5.74, 6) is 0.553. The molecule has 3 nitrogen and oxygen atoms in total. The van der Waals surface area contributed by atoms with Crippen molar-refractivity contribution in [1.29, 1.82) is 0 Å². The van der Waals surface area contributed by atoms with Gasteiger partial charge in [0.15, 0.2) is 0 Å². The first-order valence-electron chi connectivity index (χ1n) is 6.45. The van der Waals surface area contributed by atoms with Crippen LogP contribution in [0.2, 0.25) is 0 Å². The summed E-state index contributed by atoms with van der Waals surface area (Å²) in [5.41, 5.74) is 7.84. The molecule has 104 valence electrons. The number of hydrogen-bond acceptors (Lipinski definition) is 4. The minimum atomic E-state index is 0.324. The predicted molar refractivity (Wildman–Crippen MR) is 86.1 cm³/mol. The van der Waals surface area contributed by atoms with Crippen molar-refractivity contribution in [3.05, 3.63) is 23.8 Å². The smallest absolute Gasteiger partial charge is 0.107 e. The Morgan fingerprint density at radius 1 is 1.58 bits per heavy atom. The van der Waals surface area contributed by atoms with E-state index in [1.54, 1.807) is 11.8 Å². The topological polar surface area (TPSA) is 47.3 Å². The molecule has 1 aliphatic rings. The van der Waals surface area contributed by atoms with E-state index in [1.165, 1.54) is 0 Å². The summed E-state index contributed by atoms with van der Waals surface area (Å²) >= 11 is 6.84. The van der Waals surface area contributed by atoms with E-state index in [1.807, 2.05) is 24.5 Å². The van der Waals surface area contributed by atoms with E-state index in [9.17, 15) is 0 Å². The van der Waals surface area contributed by atoms with Crippen molar-refractivity contribution in [2.75, 3.05) is 24.7 Å². The van der Waals surface area contributed by atoms with E-state index in [2.05, 4.69) is 12.2 Å². The van der Waals surface area contributed by atoms with Gasteiger partial charge >= 0.3 is 0 Å². The SMILES string of the molecule is CSc1cccc(NCC2CCOC2C)c1C(N)=S. The second-order valence-corrected chi connectivity index (χ2v) is 6.04.